The van der Waals surface area contributed by atoms with Crippen LogP contribution in [-0.2, 0) is 13.1 Å². The molecule has 2 N–H and O–H groups in total. The highest BCUT2D eigenvalue weighted by atomic mass is 15.0. The lowest BCUT2D eigenvalue weighted by atomic mass is 10.1. The number of aromatic nitrogens is 2. The number of aryl methyl sites for hydroxylation is 2. The van der Waals surface area contributed by atoms with Crippen LogP contribution in [0.4, 0.5) is 11.4 Å². The van der Waals surface area contributed by atoms with E-state index in [2.05, 4.69) is 119 Å². The summed E-state index contributed by atoms with van der Waals surface area (Å²) in [5.74, 6) is 0. The third-order valence-electron chi connectivity index (χ3n) is 6.96. The molecule has 0 amide bonds. The number of nitrogens with zero attached hydrogens (tertiary/aromatic N) is 2. The van der Waals surface area contributed by atoms with Crippen molar-refractivity contribution in [2.75, 3.05) is 23.7 Å². The molecule has 2 aromatic heterocycles. The molecular weight excluding hydrogens is 416 g/mol. The number of rotatable bonds is 7. The number of benzene rings is 4. The lowest BCUT2D eigenvalue weighted by Gasteiger charge is -2.10. The van der Waals surface area contributed by atoms with Crippen LogP contribution in [0.5, 0.6) is 0 Å². The molecule has 2 heterocycles. The van der Waals surface area contributed by atoms with Crippen LogP contribution in [-0.4, -0.2) is 22.2 Å². The summed E-state index contributed by atoms with van der Waals surface area (Å²) < 4.78 is 4.78. The fourth-order valence-electron chi connectivity index (χ4n) is 5.42. The number of hydrogen-bond donors (Lipinski definition) is 2. The van der Waals surface area contributed by atoms with Crippen LogP contribution in [0, 0.1) is 0 Å². The van der Waals surface area contributed by atoms with Gasteiger partial charge >= 0.3 is 0 Å². The highest BCUT2D eigenvalue weighted by Crippen LogP contribution is 2.32. The van der Waals surface area contributed by atoms with Gasteiger partial charge in [0.05, 0.1) is 0 Å². The predicted molar refractivity (Wildman–Crippen MR) is 147 cm³/mol. The Morgan fingerprint density at radius 1 is 0.500 bits per heavy atom. The molecule has 0 bridgehead atoms. The molecule has 4 heteroatoms. The number of para-hydroxylation sites is 2. The summed E-state index contributed by atoms with van der Waals surface area (Å²) in [5, 5.41) is 12.5. The van der Waals surface area contributed by atoms with Crippen LogP contribution >= 0.6 is 0 Å². The van der Waals surface area contributed by atoms with E-state index in [-0.39, 0.29) is 0 Å². The Labute approximate surface area is 199 Å². The summed E-state index contributed by atoms with van der Waals surface area (Å²) >= 11 is 0. The van der Waals surface area contributed by atoms with Gasteiger partial charge in [0.15, 0.2) is 0 Å². The molecule has 0 aliphatic rings. The van der Waals surface area contributed by atoms with Crippen molar-refractivity contribution in [3.8, 4) is 0 Å². The third-order valence-corrected chi connectivity index (χ3v) is 6.96. The van der Waals surface area contributed by atoms with Gasteiger partial charge in [-0.1, -0.05) is 36.4 Å². The van der Waals surface area contributed by atoms with Gasteiger partial charge in [0.2, 0.25) is 0 Å². The van der Waals surface area contributed by atoms with Crippen LogP contribution in [0.1, 0.15) is 13.8 Å². The fraction of sp³-hybridized carbons (Fsp3) is 0.200. The van der Waals surface area contributed by atoms with E-state index in [9.17, 15) is 0 Å². The van der Waals surface area contributed by atoms with Gasteiger partial charge in [-0.2, -0.15) is 0 Å². The first-order valence-electron chi connectivity index (χ1n) is 12.3. The molecule has 0 aliphatic heterocycles. The van der Waals surface area contributed by atoms with Crippen LogP contribution < -0.4 is 10.6 Å². The Hall–Kier alpha value is -3.92. The van der Waals surface area contributed by atoms with Gasteiger partial charge in [-0.15, -0.1) is 0 Å². The van der Waals surface area contributed by atoms with Crippen LogP contribution in [0.15, 0.2) is 84.9 Å². The summed E-state index contributed by atoms with van der Waals surface area (Å²) in [4.78, 5) is 0. The average Bonchev–Trinajstić information content (AvgIpc) is 3.38. The zero-order chi connectivity index (χ0) is 23.1. The van der Waals surface area contributed by atoms with Gasteiger partial charge in [0.25, 0.3) is 0 Å². The van der Waals surface area contributed by atoms with Crippen molar-refractivity contribution in [1.29, 1.82) is 0 Å². The quantitative estimate of drug-likeness (QED) is 0.249. The highest BCUT2D eigenvalue weighted by molar-refractivity contribution is 6.10. The Bertz CT molecular complexity index is 1510. The van der Waals surface area contributed by atoms with Crippen molar-refractivity contribution < 1.29 is 0 Å². The maximum atomic E-state index is 3.60. The van der Waals surface area contributed by atoms with E-state index < -0.39 is 0 Å². The van der Waals surface area contributed by atoms with E-state index >= 15 is 0 Å². The minimum absolute atomic E-state index is 0.854. The summed E-state index contributed by atoms with van der Waals surface area (Å²) in [6, 6.07) is 30.8. The first kappa shape index (κ1) is 20.7. The standard InChI is InChI=1S/C30H30N4/c1-3-33-27-11-7-5-9-23(27)25-19-21(13-15-29(25)33)31-17-18-32-22-14-16-30-26(20-22)24-10-6-8-12-28(24)34(30)4-2/h5-16,19-20,31-32H,3-4,17-18H2,1-2H3. The monoisotopic (exact) mass is 446 g/mol. The first-order valence-corrected chi connectivity index (χ1v) is 12.3. The van der Waals surface area contributed by atoms with Gasteiger partial charge in [-0.3, -0.25) is 0 Å². The number of anilines is 2. The van der Waals surface area contributed by atoms with Crippen molar-refractivity contribution in [2.45, 2.75) is 26.9 Å². The van der Waals surface area contributed by atoms with Crippen molar-refractivity contribution in [2.24, 2.45) is 0 Å². The highest BCUT2D eigenvalue weighted by Gasteiger charge is 2.11. The number of hydrogen-bond acceptors (Lipinski definition) is 2. The second-order valence-electron chi connectivity index (χ2n) is 8.84. The van der Waals surface area contributed by atoms with E-state index in [0.29, 0.717) is 0 Å². The zero-order valence-corrected chi connectivity index (χ0v) is 19.8. The summed E-state index contributed by atoms with van der Waals surface area (Å²) in [7, 11) is 0. The van der Waals surface area contributed by atoms with Gasteiger partial charge in [-0.05, 0) is 62.4 Å². The largest absolute Gasteiger partial charge is 0.383 e. The van der Waals surface area contributed by atoms with Gasteiger partial charge in [-0.25, -0.2) is 0 Å². The molecule has 0 saturated carbocycles. The molecule has 170 valence electrons. The lowest BCUT2D eigenvalue weighted by Crippen LogP contribution is -2.13. The van der Waals surface area contributed by atoms with E-state index in [4.69, 9.17) is 0 Å². The molecule has 0 saturated heterocycles. The van der Waals surface area contributed by atoms with E-state index in [1.54, 1.807) is 0 Å². The molecule has 0 radical (unpaired) electrons. The Balaban J connectivity index is 1.19. The van der Waals surface area contributed by atoms with E-state index in [1.165, 1.54) is 43.6 Å². The molecule has 4 aromatic carbocycles. The Morgan fingerprint density at radius 2 is 0.912 bits per heavy atom. The van der Waals surface area contributed by atoms with Gasteiger partial charge < -0.3 is 19.8 Å². The second kappa shape index (κ2) is 8.45. The Kier molecular flexibility index (Phi) is 5.14. The van der Waals surface area contributed by atoms with Crippen molar-refractivity contribution >= 4 is 55.0 Å². The first-order chi connectivity index (χ1) is 16.8. The maximum Gasteiger partial charge on any atom is 0.0492 e. The van der Waals surface area contributed by atoms with Crippen LogP contribution in [0.25, 0.3) is 43.6 Å². The van der Waals surface area contributed by atoms with Crippen LogP contribution in [0.3, 0.4) is 0 Å². The normalized spacial score (nSPS) is 11.7. The van der Waals surface area contributed by atoms with Crippen molar-refractivity contribution in [3.63, 3.8) is 0 Å². The van der Waals surface area contributed by atoms with E-state index in [1.807, 2.05) is 0 Å². The van der Waals surface area contributed by atoms with Gasteiger partial charge in [0, 0.05) is 81.2 Å². The summed E-state index contributed by atoms with van der Waals surface area (Å²) in [6.07, 6.45) is 0. The Morgan fingerprint density at radius 3 is 1.35 bits per heavy atom. The molecule has 0 unspecified atom stereocenters. The van der Waals surface area contributed by atoms with E-state index in [0.717, 1.165) is 37.6 Å². The molecule has 0 atom stereocenters. The molecule has 4 nitrogen and oxygen atoms in total. The number of fused-ring (bicyclic) bond motifs is 6. The lowest BCUT2D eigenvalue weighted by molar-refractivity contribution is 0.827. The summed E-state index contributed by atoms with van der Waals surface area (Å²) in [5.41, 5.74) is 7.53. The minimum Gasteiger partial charge on any atom is -0.383 e. The molecule has 0 fully saturated rings. The fourth-order valence-corrected chi connectivity index (χ4v) is 5.42. The minimum atomic E-state index is 0.854. The van der Waals surface area contributed by atoms with Gasteiger partial charge in [0.1, 0.15) is 0 Å². The molecule has 0 aliphatic carbocycles. The van der Waals surface area contributed by atoms with Crippen molar-refractivity contribution in [3.05, 3.63) is 84.9 Å². The third kappa shape index (κ3) is 3.29. The molecular formula is C30H30N4. The second-order valence-corrected chi connectivity index (χ2v) is 8.84. The predicted octanol–water partition coefficient (Wildman–Crippen LogP) is 7.47. The smallest absolute Gasteiger partial charge is 0.0492 e. The SMILES string of the molecule is CCn1c2ccccc2c2cc(NCCNc3ccc4c(c3)c3ccccc3n4CC)ccc21. The average molecular weight is 447 g/mol. The summed E-state index contributed by atoms with van der Waals surface area (Å²) in [6.45, 7) is 8.07. The zero-order valence-electron chi connectivity index (χ0n) is 19.8. The van der Waals surface area contributed by atoms with Crippen molar-refractivity contribution in [1.82, 2.24) is 9.13 Å². The molecule has 0 spiro atoms. The maximum absolute atomic E-state index is 3.60. The topological polar surface area (TPSA) is 33.9 Å². The molecule has 34 heavy (non-hydrogen) atoms. The molecule has 6 rings (SSSR count). The molecule has 6 aromatic rings. The number of nitrogens with one attached hydrogen (secondary N) is 2. The van der Waals surface area contributed by atoms with Crippen LogP contribution in [0.2, 0.25) is 0 Å².